The third kappa shape index (κ3) is 2.79. The zero-order valence-corrected chi connectivity index (χ0v) is 17.1. The summed E-state index contributed by atoms with van der Waals surface area (Å²) < 4.78 is 4.68. The molecule has 1 aromatic carbocycles. The largest absolute Gasteiger partial charge is 0.271 e. The molecule has 3 nitrogen and oxygen atoms in total. The van der Waals surface area contributed by atoms with E-state index >= 15 is 0 Å². The van der Waals surface area contributed by atoms with Crippen molar-refractivity contribution in [2.24, 2.45) is 0 Å². The number of rotatable bonds is 3. The van der Waals surface area contributed by atoms with Gasteiger partial charge in [-0.25, -0.2) is 4.68 Å². The maximum atomic E-state index is 6.49. The van der Waals surface area contributed by atoms with E-state index in [0.29, 0.717) is 0 Å². The molecule has 0 amide bonds. The van der Waals surface area contributed by atoms with Gasteiger partial charge in [-0.15, -0.1) is 0 Å². The molecule has 1 aliphatic heterocycles. The molecule has 0 N–H and O–H groups in total. The molecular formula is C19H28N3PS. The molecule has 3 rings (SSSR count). The minimum absolute atomic E-state index is 0.0622. The van der Waals surface area contributed by atoms with E-state index in [2.05, 4.69) is 68.2 Å². The zero-order valence-electron chi connectivity index (χ0n) is 15.4. The van der Waals surface area contributed by atoms with Crippen molar-refractivity contribution >= 4 is 23.3 Å². The minimum Gasteiger partial charge on any atom is -0.271 e. The Hall–Kier alpha value is -0.960. The average Bonchev–Trinajstić information content (AvgIpc) is 3.15. The Morgan fingerprint density at radius 2 is 1.62 bits per heavy atom. The van der Waals surface area contributed by atoms with Gasteiger partial charge in [-0.1, -0.05) is 50.8 Å². The quantitative estimate of drug-likeness (QED) is 0.756. The lowest BCUT2D eigenvalue weighted by Crippen LogP contribution is -2.36. The molecule has 0 aliphatic carbocycles. The van der Waals surface area contributed by atoms with Crippen LogP contribution in [0.5, 0.6) is 0 Å². The molecule has 1 fully saturated rings. The third-order valence-corrected chi connectivity index (χ3v) is 12.1. The first-order chi connectivity index (χ1) is 11.3. The molecule has 0 spiro atoms. The third-order valence-electron chi connectivity index (χ3n) is 4.95. The van der Waals surface area contributed by atoms with E-state index in [-0.39, 0.29) is 5.16 Å². The van der Waals surface area contributed by atoms with Gasteiger partial charge in [0.25, 0.3) is 0 Å². The molecule has 1 aliphatic rings. The molecule has 1 aromatic heterocycles. The Morgan fingerprint density at radius 3 is 2.17 bits per heavy atom. The van der Waals surface area contributed by atoms with Crippen molar-refractivity contribution in [2.45, 2.75) is 52.6 Å². The molecule has 0 saturated carbocycles. The van der Waals surface area contributed by atoms with Crippen LogP contribution >= 0.6 is 6.19 Å². The number of aryl methyl sites for hydroxylation is 1. The van der Waals surface area contributed by atoms with Gasteiger partial charge in [0.2, 0.25) is 0 Å². The Balaban J connectivity index is 2.20. The van der Waals surface area contributed by atoms with Crippen LogP contribution in [-0.2, 0) is 11.8 Å². The van der Waals surface area contributed by atoms with Crippen molar-refractivity contribution in [2.75, 3.05) is 13.1 Å². The van der Waals surface area contributed by atoms with E-state index in [1.165, 1.54) is 23.8 Å². The summed E-state index contributed by atoms with van der Waals surface area (Å²) in [7, 11) is 0. The van der Waals surface area contributed by atoms with Crippen molar-refractivity contribution in [3.63, 3.8) is 0 Å². The molecule has 5 heteroatoms. The van der Waals surface area contributed by atoms with Crippen LogP contribution < -0.4 is 5.30 Å². The zero-order chi connectivity index (χ0) is 17.5. The highest BCUT2D eigenvalue weighted by Gasteiger charge is 2.43. The SMILES string of the molecule is Cc1nn(-c2ccccc2)c(C)c1[P@](=S)(N1CCCC1)C(C)(C)C. The predicted octanol–water partition coefficient (Wildman–Crippen LogP) is 4.40. The first kappa shape index (κ1) is 17.8. The second kappa shape index (κ2) is 6.40. The Morgan fingerprint density at radius 1 is 1.04 bits per heavy atom. The van der Waals surface area contributed by atoms with Gasteiger partial charge in [0.1, 0.15) is 0 Å². The van der Waals surface area contributed by atoms with Crippen molar-refractivity contribution < 1.29 is 0 Å². The highest BCUT2D eigenvalue weighted by atomic mass is 32.4. The molecule has 24 heavy (non-hydrogen) atoms. The van der Waals surface area contributed by atoms with Gasteiger partial charge in [0.15, 0.2) is 0 Å². The smallest absolute Gasteiger partial charge is 0.0698 e. The van der Waals surface area contributed by atoms with Crippen LogP contribution in [0.1, 0.15) is 45.0 Å². The monoisotopic (exact) mass is 361 g/mol. The van der Waals surface area contributed by atoms with Crippen LogP contribution in [0.3, 0.4) is 0 Å². The van der Waals surface area contributed by atoms with Crippen LogP contribution in [-0.4, -0.2) is 32.7 Å². The van der Waals surface area contributed by atoms with Crippen molar-refractivity contribution in [1.29, 1.82) is 0 Å². The summed E-state index contributed by atoms with van der Waals surface area (Å²) >= 11 is 6.49. The Labute approximate surface area is 151 Å². The van der Waals surface area contributed by atoms with Crippen LogP contribution in [0.2, 0.25) is 0 Å². The summed E-state index contributed by atoms with van der Waals surface area (Å²) in [6.45, 7) is 13.5. The molecule has 0 radical (unpaired) electrons. The Bertz CT molecular complexity index is 768. The van der Waals surface area contributed by atoms with Gasteiger partial charge < -0.3 is 0 Å². The van der Waals surface area contributed by atoms with Crippen LogP contribution in [0.25, 0.3) is 5.69 Å². The van der Waals surface area contributed by atoms with E-state index in [1.54, 1.807) is 0 Å². The first-order valence-electron chi connectivity index (χ1n) is 8.74. The van der Waals surface area contributed by atoms with Crippen molar-refractivity contribution in [3.05, 3.63) is 41.7 Å². The number of aromatic nitrogens is 2. The predicted molar refractivity (Wildman–Crippen MR) is 108 cm³/mol. The van der Waals surface area contributed by atoms with Gasteiger partial charge in [0, 0.05) is 23.6 Å². The molecule has 2 aromatic rings. The highest BCUT2D eigenvalue weighted by molar-refractivity contribution is 8.17. The van der Waals surface area contributed by atoms with Gasteiger partial charge >= 0.3 is 0 Å². The fourth-order valence-electron chi connectivity index (χ4n) is 3.78. The maximum Gasteiger partial charge on any atom is 0.0698 e. The molecular weight excluding hydrogens is 333 g/mol. The van der Waals surface area contributed by atoms with E-state index in [0.717, 1.165) is 24.5 Å². The van der Waals surface area contributed by atoms with Gasteiger partial charge in [-0.2, -0.15) is 5.10 Å². The number of benzene rings is 1. The summed E-state index contributed by atoms with van der Waals surface area (Å²) in [5, 5.41) is 6.27. The van der Waals surface area contributed by atoms with Crippen LogP contribution in [0, 0.1) is 13.8 Å². The van der Waals surface area contributed by atoms with Gasteiger partial charge in [0.05, 0.1) is 23.3 Å². The number of hydrogen-bond donors (Lipinski definition) is 0. The van der Waals surface area contributed by atoms with E-state index < -0.39 is 6.19 Å². The fourth-order valence-corrected chi connectivity index (χ4v) is 8.72. The second-order valence-electron chi connectivity index (χ2n) is 7.67. The summed E-state index contributed by atoms with van der Waals surface area (Å²) in [4.78, 5) is 0. The van der Waals surface area contributed by atoms with Crippen LogP contribution in [0.4, 0.5) is 0 Å². The topological polar surface area (TPSA) is 21.1 Å². The second-order valence-corrected chi connectivity index (χ2v) is 12.8. The lowest BCUT2D eigenvalue weighted by atomic mass is 10.3. The summed E-state index contributed by atoms with van der Waals surface area (Å²) in [5.41, 5.74) is 3.42. The first-order valence-corrected chi connectivity index (χ1v) is 11.5. The summed E-state index contributed by atoms with van der Waals surface area (Å²) in [5.74, 6) is 0. The fraction of sp³-hybridized carbons (Fsp3) is 0.526. The van der Waals surface area contributed by atoms with Gasteiger partial charge in [-0.05, 0) is 38.8 Å². The molecule has 1 atom stereocenters. The minimum atomic E-state index is -1.89. The molecule has 1 saturated heterocycles. The molecule has 0 bridgehead atoms. The molecule has 2 heterocycles. The highest BCUT2D eigenvalue weighted by Crippen LogP contribution is 2.62. The number of para-hydroxylation sites is 1. The summed E-state index contributed by atoms with van der Waals surface area (Å²) in [6, 6.07) is 10.4. The number of hydrogen-bond acceptors (Lipinski definition) is 2. The van der Waals surface area contributed by atoms with Crippen molar-refractivity contribution in [3.8, 4) is 5.69 Å². The normalized spacial score (nSPS) is 18.7. The lowest BCUT2D eigenvalue weighted by Gasteiger charge is -2.42. The Kier molecular flexibility index (Phi) is 4.76. The van der Waals surface area contributed by atoms with E-state index in [1.807, 2.05) is 6.07 Å². The lowest BCUT2D eigenvalue weighted by molar-refractivity contribution is 0.545. The number of nitrogens with zero attached hydrogens (tertiary/aromatic N) is 3. The standard InChI is InChI=1S/C19H28N3PS/c1-15-18(16(2)22(20-15)17-11-7-6-8-12-17)23(24,19(3,4)5)21-13-9-10-14-21/h6-8,11-12H,9-10,13-14H2,1-5H3/t23-/m1/s1. The van der Waals surface area contributed by atoms with Gasteiger partial charge in [-0.3, -0.25) is 4.67 Å². The average molecular weight is 361 g/mol. The van der Waals surface area contributed by atoms with E-state index in [9.17, 15) is 0 Å². The van der Waals surface area contributed by atoms with Crippen LogP contribution in [0.15, 0.2) is 30.3 Å². The summed E-state index contributed by atoms with van der Waals surface area (Å²) in [6.07, 6.45) is 0.632. The molecule has 0 unspecified atom stereocenters. The van der Waals surface area contributed by atoms with E-state index in [4.69, 9.17) is 16.9 Å². The molecule has 130 valence electrons. The van der Waals surface area contributed by atoms with Crippen molar-refractivity contribution in [1.82, 2.24) is 14.5 Å². The maximum absolute atomic E-state index is 6.49.